The average Bonchev–Trinajstić information content (AvgIpc) is 2.79. The first kappa shape index (κ1) is 24.0. The van der Waals surface area contributed by atoms with Crippen molar-refractivity contribution in [3.63, 3.8) is 0 Å². The normalized spacial score (nSPS) is 19.6. The zero-order chi connectivity index (χ0) is 24.2. The van der Waals surface area contributed by atoms with E-state index in [1.165, 1.54) is 30.2 Å². The van der Waals surface area contributed by atoms with E-state index in [-0.39, 0.29) is 23.5 Å². The number of anilines is 3. The molecule has 2 aliphatic carbocycles. The van der Waals surface area contributed by atoms with Gasteiger partial charge in [0.05, 0.1) is 10.6 Å². The highest BCUT2D eigenvalue weighted by atomic mass is 35.5. The van der Waals surface area contributed by atoms with Gasteiger partial charge in [0.1, 0.15) is 11.5 Å². The molecule has 10 nitrogen and oxygen atoms in total. The molecule has 0 saturated heterocycles. The third-order valence-electron chi connectivity index (χ3n) is 6.38. The largest absolute Gasteiger partial charge is 0.362 e. The monoisotopic (exact) mass is 487 g/mol. The van der Waals surface area contributed by atoms with Gasteiger partial charge in [-0.05, 0) is 63.5 Å². The second kappa shape index (κ2) is 10.4. The number of aryl methyl sites for hydroxylation is 1. The van der Waals surface area contributed by atoms with Crippen LogP contribution < -0.4 is 20.9 Å². The van der Waals surface area contributed by atoms with Crippen LogP contribution in [0.25, 0.3) is 0 Å². The lowest BCUT2D eigenvalue weighted by Gasteiger charge is -2.30. The first-order chi connectivity index (χ1) is 16.3. The lowest BCUT2D eigenvalue weighted by Crippen LogP contribution is -2.42. The topological polar surface area (TPSA) is 125 Å². The highest BCUT2D eigenvalue weighted by Crippen LogP contribution is 2.30. The summed E-state index contributed by atoms with van der Waals surface area (Å²) in [5, 5.41) is 20.5. The minimum absolute atomic E-state index is 0.0157. The highest BCUT2D eigenvalue weighted by molar-refractivity contribution is 6.31. The number of fused-ring (bicyclic) bond motifs is 1. The Morgan fingerprint density at radius 1 is 1.12 bits per heavy atom. The molecule has 2 aromatic rings. The minimum atomic E-state index is -0.548. The molecule has 1 aromatic heterocycles. The van der Waals surface area contributed by atoms with Crippen molar-refractivity contribution in [2.45, 2.75) is 63.5 Å². The number of benzene rings is 1. The summed E-state index contributed by atoms with van der Waals surface area (Å²) in [7, 11) is 4.03. The average molecular weight is 488 g/mol. The minimum Gasteiger partial charge on any atom is -0.362 e. The number of hydrogen-bond acceptors (Lipinski definition) is 7. The molecule has 4 rings (SSSR count). The molecule has 1 aromatic carbocycles. The summed E-state index contributed by atoms with van der Waals surface area (Å²) in [6.07, 6.45) is 7.65. The van der Waals surface area contributed by atoms with Crippen molar-refractivity contribution in [3.8, 4) is 0 Å². The van der Waals surface area contributed by atoms with E-state index in [1.54, 1.807) is 0 Å². The number of aromatic nitrogens is 2. The smallest absolute Gasteiger partial charge is 0.319 e. The molecule has 2 amide bonds. The number of urea groups is 1. The van der Waals surface area contributed by atoms with Gasteiger partial charge in [0, 0.05) is 42.8 Å². The van der Waals surface area contributed by atoms with Gasteiger partial charge in [-0.1, -0.05) is 11.6 Å². The first-order valence-corrected chi connectivity index (χ1v) is 12.0. The van der Waals surface area contributed by atoms with Gasteiger partial charge in [-0.3, -0.25) is 10.1 Å². The Morgan fingerprint density at radius 2 is 1.82 bits per heavy atom. The SMILES string of the molecule is CN(C)c1nc(N[C@H]2CC[C@@H](NC(=O)Nc3cc(Cl)ccc3[N+](=O)[O-])CC2)nc2c1CCCC2. The fraction of sp³-hybridized carbons (Fsp3) is 0.522. The number of carbonyl (C=O) groups is 1. The molecular weight excluding hydrogens is 458 g/mol. The molecule has 0 radical (unpaired) electrons. The van der Waals surface area contributed by atoms with Crippen molar-refractivity contribution in [1.82, 2.24) is 15.3 Å². The number of nitro groups is 1. The number of carbonyl (C=O) groups excluding carboxylic acids is 1. The summed E-state index contributed by atoms with van der Waals surface area (Å²) in [4.78, 5) is 34.7. The maximum absolute atomic E-state index is 12.4. The van der Waals surface area contributed by atoms with Crippen molar-refractivity contribution >= 4 is 40.8 Å². The number of rotatable bonds is 6. The fourth-order valence-corrected chi connectivity index (χ4v) is 4.86. The molecule has 3 N–H and O–H groups in total. The molecule has 0 spiro atoms. The van der Waals surface area contributed by atoms with Crippen LogP contribution in [0.15, 0.2) is 18.2 Å². The Morgan fingerprint density at radius 3 is 2.53 bits per heavy atom. The predicted octanol–water partition coefficient (Wildman–Crippen LogP) is 4.53. The third-order valence-corrected chi connectivity index (χ3v) is 6.62. The quantitative estimate of drug-likeness (QED) is 0.403. The maximum Gasteiger partial charge on any atom is 0.319 e. The third kappa shape index (κ3) is 5.67. The predicted molar refractivity (Wildman–Crippen MR) is 133 cm³/mol. The summed E-state index contributed by atoms with van der Waals surface area (Å²) < 4.78 is 0. The molecular formula is C23H30ClN7O3. The Balaban J connectivity index is 1.32. The van der Waals surface area contributed by atoms with E-state index in [4.69, 9.17) is 21.6 Å². The molecule has 2 aliphatic rings. The number of nitrogens with one attached hydrogen (secondary N) is 3. The van der Waals surface area contributed by atoms with E-state index in [0.717, 1.165) is 56.5 Å². The number of halogens is 1. The number of amides is 2. The zero-order valence-electron chi connectivity index (χ0n) is 19.4. The Kier molecular flexibility index (Phi) is 7.35. The Hall–Kier alpha value is -3.14. The van der Waals surface area contributed by atoms with Crippen LogP contribution in [0.1, 0.15) is 49.8 Å². The molecule has 0 atom stereocenters. The van der Waals surface area contributed by atoms with Crippen molar-refractivity contribution in [1.29, 1.82) is 0 Å². The van der Waals surface area contributed by atoms with E-state index in [0.29, 0.717) is 11.0 Å². The molecule has 0 bridgehead atoms. The van der Waals surface area contributed by atoms with Crippen LogP contribution in [-0.4, -0.2) is 47.1 Å². The molecule has 1 saturated carbocycles. The van der Waals surface area contributed by atoms with Gasteiger partial charge in [-0.2, -0.15) is 4.98 Å². The van der Waals surface area contributed by atoms with Crippen LogP contribution in [0.3, 0.4) is 0 Å². The highest BCUT2D eigenvalue weighted by Gasteiger charge is 2.25. The van der Waals surface area contributed by atoms with Gasteiger partial charge in [0.15, 0.2) is 0 Å². The molecule has 1 heterocycles. The summed E-state index contributed by atoms with van der Waals surface area (Å²) in [6.45, 7) is 0. The van der Waals surface area contributed by atoms with Gasteiger partial charge >= 0.3 is 6.03 Å². The maximum atomic E-state index is 12.4. The van der Waals surface area contributed by atoms with Gasteiger partial charge in [-0.15, -0.1) is 0 Å². The number of nitro benzene ring substituents is 1. The zero-order valence-corrected chi connectivity index (χ0v) is 20.2. The van der Waals surface area contributed by atoms with Crippen LogP contribution in [-0.2, 0) is 12.8 Å². The second-order valence-corrected chi connectivity index (χ2v) is 9.54. The standard InChI is InChI=1S/C23H30ClN7O3/c1-30(2)21-17-5-3-4-6-18(17)27-22(29-21)25-15-8-10-16(11-9-15)26-23(32)28-19-13-14(24)7-12-20(19)31(33)34/h7,12-13,15-16H,3-6,8-11H2,1-2H3,(H,25,27,29)(H2,26,28,32)/t15-,16+. The van der Waals surface area contributed by atoms with Crippen molar-refractivity contribution in [3.05, 3.63) is 44.6 Å². The van der Waals surface area contributed by atoms with Crippen LogP contribution >= 0.6 is 11.6 Å². The van der Waals surface area contributed by atoms with E-state index in [2.05, 4.69) is 20.9 Å². The van der Waals surface area contributed by atoms with Crippen LogP contribution in [0.5, 0.6) is 0 Å². The summed E-state index contributed by atoms with van der Waals surface area (Å²) in [5.74, 6) is 1.67. The van der Waals surface area contributed by atoms with E-state index in [9.17, 15) is 14.9 Å². The fourth-order valence-electron chi connectivity index (χ4n) is 4.68. The Bertz CT molecular complexity index is 1070. The van der Waals surface area contributed by atoms with Crippen LogP contribution in [0, 0.1) is 10.1 Å². The molecule has 1 fully saturated rings. The summed E-state index contributed by atoms with van der Waals surface area (Å²) in [6, 6.07) is 3.81. The molecule has 11 heteroatoms. The lowest BCUT2D eigenvalue weighted by molar-refractivity contribution is -0.383. The van der Waals surface area contributed by atoms with Crippen LogP contribution in [0.2, 0.25) is 5.02 Å². The van der Waals surface area contributed by atoms with Crippen LogP contribution in [0.4, 0.5) is 27.9 Å². The van der Waals surface area contributed by atoms with E-state index < -0.39 is 11.0 Å². The van der Waals surface area contributed by atoms with Crippen molar-refractivity contribution in [2.75, 3.05) is 29.6 Å². The van der Waals surface area contributed by atoms with Crippen molar-refractivity contribution < 1.29 is 9.72 Å². The van der Waals surface area contributed by atoms with Gasteiger partial charge in [0.2, 0.25) is 5.95 Å². The van der Waals surface area contributed by atoms with E-state index >= 15 is 0 Å². The molecule has 0 aliphatic heterocycles. The molecule has 34 heavy (non-hydrogen) atoms. The first-order valence-electron chi connectivity index (χ1n) is 11.6. The second-order valence-electron chi connectivity index (χ2n) is 9.11. The van der Waals surface area contributed by atoms with E-state index in [1.807, 2.05) is 14.1 Å². The van der Waals surface area contributed by atoms with Gasteiger partial charge in [0.25, 0.3) is 5.69 Å². The molecule has 182 valence electrons. The number of hydrogen-bond donors (Lipinski definition) is 3. The summed E-state index contributed by atoms with van der Waals surface area (Å²) in [5.41, 5.74) is 2.29. The lowest BCUT2D eigenvalue weighted by atomic mass is 9.91. The van der Waals surface area contributed by atoms with Crippen molar-refractivity contribution in [2.24, 2.45) is 0 Å². The van der Waals surface area contributed by atoms with Gasteiger partial charge < -0.3 is 20.9 Å². The number of nitrogens with zero attached hydrogens (tertiary/aromatic N) is 4. The Labute approximate surface area is 203 Å². The van der Waals surface area contributed by atoms with Gasteiger partial charge in [-0.25, -0.2) is 9.78 Å². The summed E-state index contributed by atoms with van der Waals surface area (Å²) >= 11 is 5.93. The molecule has 0 unspecified atom stereocenters.